The summed E-state index contributed by atoms with van der Waals surface area (Å²) < 4.78 is 0. The number of nitrogens with one attached hydrogen (secondary N) is 1. The first kappa shape index (κ1) is 18.4. The number of nitro benzene ring substituents is 1. The van der Waals surface area contributed by atoms with Gasteiger partial charge in [-0.25, -0.2) is 0 Å². The van der Waals surface area contributed by atoms with Crippen LogP contribution < -0.4 is 10.2 Å². The molecule has 1 atom stereocenters. The van der Waals surface area contributed by atoms with Crippen molar-refractivity contribution in [1.82, 2.24) is 0 Å². The summed E-state index contributed by atoms with van der Waals surface area (Å²) >= 11 is 0. The molecule has 1 aliphatic heterocycles. The number of rotatable bonds is 4. The molecule has 1 N–H and O–H groups in total. The summed E-state index contributed by atoms with van der Waals surface area (Å²) in [6, 6.07) is 4.79. The van der Waals surface area contributed by atoms with Gasteiger partial charge in [0.25, 0.3) is 5.69 Å². The average Bonchev–Trinajstić information content (AvgIpc) is 2.82. The lowest BCUT2D eigenvalue weighted by Crippen LogP contribution is -2.30. The zero-order valence-corrected chi connectivity index (χ0v) is 15.1. The van der Waals surface area contributed by atoms with Crippen molar-refractivity contribution in [2.24, 2.45) is 5.92 Å². The molecule has 7 heteroatoms. The van der Waals surface area contributed by atoms with Gasteiger partial charge in [-0.1, -0.05) is 39.0 Å². The van der Waals surface area contributed by atoms with Crippen molar-refractivity contribution in [2.75, 3.05) is 10.2 Å². The second-order valence-corrected chi connectivity index (χ2v) is 7.32. The van der Waals surface area contributed by atoms with Gasteiger partial charge in [0.2, 0.25) is 11.8 Å². The van der Waals surface area contributed by atoms with Crippen LogP contribution in [0.2, 0.25) is 0 Å². The lowest BCUT2D eigenvalue weighted by Gasteiger charge is -2.22. The predicted octanol–water partition coefficient (Wildman–Crippen LogP) is 4.02. The van der Waals surface area contributed by atoms with Crippen LogP contribution >= 0.6 is 0 Å². The molecule has 0 aromatic heterocycles. The molecule has 2 aliphatic rings. The number of nitrogens with zero attached hydrogens (tertiary/aromatic N) is 2. The largest absolute Gasteiger partial charge is 0.377 e. The van der Waals surface area contributed by atoms with E-state index in [-0.39, 0.29) is 41.6 Å². The Morgan fingerprint density at radius 2 is 1.77 bits per heavy atom. The van der Waals surface area contributed by atoms with Crippen molar-refractivity contribution in [3.63, 3.8) is 0 Å². The zero-order valence-electron chi connectivity index (χ0n) is 15.1. The summed E-state index contributed by atoms with van der Waals surface area (Å²) in [7, 11) is 0. The summed E-state index contributed by atoms with van der Waals surface area (Å²) in [5.74, 6) is -0.989. The monoisotopic (exact) mass is 359 g/mol. The Labute approximate surface area is 152 Å². The lowest BCUT2D eigenvalue weighted by molar-refractivity contribution is -0.383. The van der Waals surface area contributed by atoms with Crippen LogP contribution in [0, 0.1) is 16.0 Å². The van der Waals surface area contributed by atoms with Gasteiger partial charge in [-0.3, -0.25) is 24.6 Å². The van der Waals surface area contributed by atoms with Crippen LogP contribution in [0.5, 0.6) is 0 Å². The van der Waals surface area contributed by atoms with E-state index < -0.39 is 4.92 Å². The summed E-state index contributed by atoms with van der Waals surface area (Å²) in [6.07, 6.45) is 8.06. The quantitative estimate of drug-likeness (QED) is 0.498. The Balaban J connectivity index is 1.84. The van der Waals surface area contributed by atoms with Crippen LogP contribution in [-0.2, 0) is 9.59 Å². The minimum Gasteiger partial charge on any atom is -0.377 e. The molecule has 1 unspecified atom stereocenters. The Hall–Kier alpha value is -2.44. The van der Waals surface area contributed by atoms with E-state index in [4.69, 9.17) is 0 Å². The molecule has 7 nitrogen and oxygen atoms in total. The third kappa shape index (κ3) is 3.86. The molecule has 3 rings (SSSR count). The third-order valence-electron chi connectivity index (χ3n) is 5.27. The molecule has 140 valence electrons. The van der Waals surface area contributed by atoms with E-state index in [1.165, 1.54) is 25.3 Å². The molecule has 1 saturated heterocycles. The van der Waals surface area contributed by atoms with E-state index >= 15 is 0 Å². The van der Waals surface area contributed by atoms with Gasteiger partial charge in [-0.2, -0.15) is 0 Å². The molecule has 1 aliphatic carbocycles. The van der Waals surface area contributed by atoms with Crippen molar-refractivity contribution in [3.05, 3.63) is 28.3 Å². The number of carbonyl (C=O) groups is 2. The van der Waals surface area contributed by atoms with Crippen LogP contribution in [0.4, 0.5) is 17.1 Å². The van der Waals surface area contributed by atoms with Crippen molar-refractivity contribution < 1.29 is 14.5 Å². The molecule has 1 saturated carbocycles. The number of imide groups is 1. The van der Waals surface area contributed by atoms with Crippen molar-refractivity contribution in [2.45, 2.75) is 64.3 Å². The number of amides is 2. The summed E-state index contributed by atoms with van der Waals surface area (Å²) in [5, 5.41) is 14.9. The highest BCUT2D eigenvalue weighted by molar-refractivity contribution is 6.21. The highest BCUT2D eigenvalue weighted by Crippen LogP contribution is 2.34. The first-order valence-corrected chi connectivity index (χ1v) is 9.39. The number of nitro groups is 1. The minimum absolute atomic E-state index is 0.0929. The highest BCUT2D eigenvalue weighted by atomic mass is 16.6. The van der Waals surface area contributed by atoms with E-state index in [2.05, 4.69) is 5.32 Å². The predicted molar refractivity (Wildman–Crippen MR) is 99.1 cm³/mol. The van der Waals surface area contributed by atoms with E-state index in [1.54, 1.807) is 19.1 Å². The smallest absolute Gasteiger partial charge is 0.294 e. The topological polar surface area (TPSA) is 92.6 Å². The molecular weight excluding hydrogens is 334 g/mol. The lowest BCUT2D eigenvalue weighted by atomic mass is 9.96. The van der Waals surface area contributed by atoms with Gasteiger partial charge in [0, 0.05) is 24.4 Å². The van der Waals surface area contributed by atoms with Gasteiger partial charge in [0.05, 0.1) is 10.6 Å². The maximum atomic E-state index is 12.2. The number of anilines is 2. The van der Waals surface area contributed by atoms with Crippen LogP contribution in [0.15, 0.2) is 18.2 Å². The maximum absolute atomic E-state index is 12.2. The van der Waals surface area contributed by atoms with Crippen molar-refractivity contribution in [1.29, 1.82) is 0 Å². The van der Waals surface area contributed by atoms with E-state index in [1.807, 2.05) is 0 Å². The second-order valence-electron chi connectivity index (χ2n) is 7.32. The number of hydrogen-bond acceptors (Lipinski definition) is 5. The first-order valence-electron chi connectivity index (χ1n) is 9.39. The van der Waals surface area contributed by atoms with E-state index in [9.17, 15) is 19.7 Å². The van der Waals surface area contributed by atoms with E-state index in [0.29, 0.717) is 5.69 Å². The van der Waals surface area contributed by atoms with E-state index in [0.717, 1.165) is 30.6 Å². The molecule has 0 bridgehead atoms. The fourth-order valence-electron chi connectivity index (χ4n) is 3.81. The number of hydrogen-bond donors (Lipinski definition) is 1. The first-order chi connectivity index (χ1) is 12.5. The molecule has 1 heterocycles. The molecule has 1 aromatic carbocycles. The number of carbonyl (C=O) groups excluding carboxylic acids is 2. The van der Waals surface area contributed by atoms with Gasteiger partial charge < -0.3 is 5.32 Å². The van der Waals surface area contributed by atoms with Crippen molar-refractivity contribution >= 4 is 28.9 Å². The Kier molecular flexibility index (Phi) is 5.54. The molecular formula is C19H25N3O4. The fraction of sp³-hybridized carbons (Fsp3) is 0.579. The Morgan fingerprint density at radius 1 is 1.12 bits per heavy atom. The van der Waals surface area contributed by atoms with Crippen LogP contribution in [0.25, 0.3) is 0 Å². The highest BCUT2D eigenvalue weighted by Gasteiger charge is 2.37. The standard InChI is InChI=1S/C19H25N3O4/c1-13-11-18(23)21(19(13)24)15-9-10-16(17(12-15)22(25)26)20-14-7-5-3-2-4-6-8-14/h9-10,12-14,20H,2-8,11H2,1H3. The summed E-state index contributed by atoms with van der Waals surface area (Å²) in [4.78, 5) is 36.4. The van der Waals surface area contributed by atoms with Gasteiger partial charge in [-0.05, 0) is 25.0 Å². The Morgan fingerprint density at radius 3 is 2.35 bits per heavy atom. The zero-order chi connectivity index (χ0) is 18.7. The van der Waals surface area contributed by atoms with Gasteiger partial charge >= 0.3 is 0 Å². The van der Waals surface area contributed by atoms with Gasteiger partial charge in [0.15, 0.2) is 0 Å². The minimum atomic E-state index is -0.455. The molecule has 0 radical (unpaired) electrons. The normalized spacial score (nSPS) is 22.2. The van der Waals surface area contributed by atoms with Crippen LogP contribution in [-0.4, -0.2) is 22.8 Å². The third-order valence-corrected chi connectivity index (χ3v) is 5.27. The van der Waals surface area contributed by atoms with Gasteiger partial charge in [0.1, 0.15) is 5.69 Å². The SMILES string of the molecule is CC1CC(=O)N(c2ccc(NC3CCCCCCC3)c([N+](=O)[O-])c2)C1=O. The van der Waals surface area contributed by atoms with Crippen LogP contribution in [0.1, 0.15) is 58.3 Å². The molecule has 2 fully saturated rings. The Bertz CT molecular complexity index is 711. The molecule has 1 aromatic rings. The van der Waals surface area contributed by atoms with Crippen molar-refractivity contribution in [3.8, 4) is 0 Å². The maximum Gasteiger partial charge on any atom is 0.294 e. The average molecular weight is 359 g/mol. The molecule has 0 spiro atoms. The summed E-state index contributed by atoms with van der Waals surface area (Å²) in [5.41, 5.74) is 0.639. The molecule has 2 amide bonds. The van der Waals surface area contributed by atoms with Crippen LogP contribution in [0.3, 0.4) is 0 Å². The summed E-state index contributed by atoms with van der Waals surface area (Å²) in [6.45, 7) is 1.69. The molecule has 26 heavy (non-hydrogen) atoms. The van der Waals surface area contributed by atoms with Gasteiger partial charge in [-0.15, -0.1) is 0 Å². The number of benzene rings is 1. The fourth-order valence-corrected chi connectivity index (χ4v) is 3.81. The second kappa shape index (κ2) is 7.85.